The molecule has 5 heterocycles. The summed E-state index contributed by atoms with van der Waals surface area (Å²) in [7, 11) is 0. The van der Waals surface area contributed by atoms with Crippen molar-refractivity contribution in [2.24, 2.45) is 21.7 Å². The third-order valence-electron chi connectivity index (χ3n) is 7.56. The minimum atomic E-state index is -4.55. The molecule has 10 nitrogen and oxygen atoms in total. The first-order valence-electron chi connectivity index (χ1n) is 12.7. The number of cyclic esters (lactones) is 1. The average Bonchev–Trinajstić information content (AvgIpc) is 3.26. The van der Waals surface area contributed by atoms with E-state index < -0.39 is 17.6 Å². The molecule has 206 valence electrons. The molecule has 0 bridgehead atoms. The lowest BCUT2D eigenvalue weighted by Gasteiger charge is -2.41. The zero-order valence-corrected chi connectivity index (χ0v) is 21.1. The highest BCUT2D eigenvalue weighted by Crippen LogP contribution is 2.39. The van der Waals surface area contributed by atoms with Gasteiger partial charge in [-0.15, -0.1) is 4.59 Å². The summed E-state index contributed by atoms with van der Waals surface area (Å²) in [6, 6.07) is 8.21. The van der Waals surface area contributed by atoms with Gasteiger partial charge in [0.2, 0.25) is 5.70 Å². The Kier molecular flexibility index (Phi) is 6.27. The second-order valence-electron chi connectivity index (χ2n) is 10.0. The van der Waals surface area contributed by atoms with E-state index in [4.69, 9.17) is 15.6 Å². The molecule has 0 aliphatic carbocycles. The number of anilines is 1. The summed E-state index contributed by atoms with van der Waals surface area (Å²) >= 11 is 0. The van der Waals surface area contributed by atoms with Crippen LogP contribution in [0.2, 0.25) is 0 Å². The molecule has 1 aromatic heterocycles. The quantitative estimate of drug-likeness (QED) is 0.435. The summed E-state index contributed by atoms with van der Waals surface area (Å²) in [5, 5.41) is 2.40. The highest BCUT2D eigenvalue weighted by atomic mass is 19.4. The number of quaternary nitrogens is 1. The average molecular weight is 553 g/mol. The Bertz CT molecular complexity index is 1500. The monoisotopic (exact) mass is 552 g/mol. The fourth-order valence-corrected chi connectivity index (χ4v) is 5.48. The number of amides is 2. The molecular weight excluding hydrogens is 527 g/mol. The van der Waals surface area contributed by atoms with Crippen molar-refractivity contribution >= 4 is 29.9 Å². The fourth-order valence-electron chi connectivity index (χ4n) is 5.48. The van der Waals surface area contributed by atoms with Gasteiger partial charge in [-0.25, -0.2) is 9.78 Å². The van der Waals surface area contributed by atoms with E-state index >= 15 is 0 Å². The second kappa shape index (κ2) is 9.68. The predicted molar refractivity (Wildman–Crippen MR) is 138 cm³/mol. The van der Waals surface area contributed by atoms with E-state index in [2.05, 4.69) is 15.3 Å². The number of hydrogen-bond acceptors (Lipinski definition) is 7. The van der Waals surface area contributed by atoms with Gasteiger partial charge in [-0.2, -0.15) is 24.0 Å². The van der Waals surface area contributed by atoms with Crippen LogP contribution in [0.15, 0.2) is 76.4 Å². The van der Waals surface area contributed by atoms with Gasteiger partial charge in [-0.3, -0.25) is 9.79 Å². The van der Waals surface area contributed by atoms with E-state index in [1.54, 1.807) is 47.8 Å². The first-order chi connectivity index (χ1) is 19.1. The molecule has 2 fully saturated rings. The maximum atomic E-state index is 13.0. The van der Waals surface area contributed by atoms with Crippen molar-refractivity contribution in [3.63, 3.8) is 0 Å². The van der Waals surface area contributed by atoms with Gasteiger partial charge < -0.3 is 15.0 Å². The molecule has 3 atom stereocenters. The highest BCUT2D eigenvalue weighted by molar-refractivity contribution is 6.05. The summed E-state index contributed by atoms with van der Waals surface area (Å²) in [6.07, 6.45) is 3.58. The molecule has 4 aliphatic heterocycles. The third-order valence-corrected chi connectivity index (χ3v) is 7.56. The van der Waals surface area contributed by atoms with Gasteiger partial charge in [0.05, 0.1) is 30.1 Å². The lowest BCUT2D eigenvalue weighted by molar-refractivity contribution is -0.750. The van der Waals surface area contributed by atoms with E-state index in [0.717, 1.165) is 43.3 Å². The number of ether oxygens (including phenoxy) is 1. The van der Waals surface area contributed by atoms with Crippen molar-refractivity contribution in [2.75, 3.05) is 18.5 Å². The molecule has 2 amide bonds. The molecule has 40 heavy (non-hydrogen) atoms. The van der Waals surface area contributed by atoms with Gasteiger partial charge >= 0.3 is 12.3 Å². The van der Waals surface area contributed by atoms with Gasteiger partial charge in [0.15, 0.2) is 0 Å². The second-order valence-corrected chi connectivity index (χ2v) is 10.0. The summed E-state index contributed by atoms with van der Waals surface area (Å²) in [5.41, 5.74) is 1.40. The molecule has 2 aromatic rings. The smallest absolute Gasteiger partial charge is 0.416 e. The molecular formula is C27H25F3N7O3+. The number of amidine groups is 1. The molecule has 3 N–H and O–H groups in total. The number of alkyl halides is 3. The topological polar surface area (TPSA) is 122 Å². The zero-order chi connectivity index (χ0) is 28.1. The van der Waals surface area contributed by atoms with Crippen LogP contribution >= 0.6 is 0 Å². The Hall–Kier alpha value is -4.36. The van der Waals surface area contributed by atoms with Gasteiger partial charge in [0.25, 0.3) is 11.7 Å². The molecule has 6 rings (SSSR count). The number of piperidine rings is 1. The zero-order valence-electron chi connectivity index (χ0n) is 21.1. The highest BCUT2D eigenvalue weighted by Gasteiger charge is 2.47. The van der Waals surface area contributed by atoms with Crippen molar-refractivity contribution in [3.05, 3.63) is 83.1 Å². The lowest BCUT2D eigenvalue weighted by atomic mass is 9.88. The molecule has 13 heteroatoms. The molecule has 0 radical (unpaired) electrons. The Morgan fingerprint density at radius 2 is 1.95 bits per heavy atom. The van der Waals surface area contributed by atoms with Crippen LogP contribution in [0.1, 0.15) is 40.7 Å². The number of carbonyl (C=O) groups excluding carboxylic acids is 2. The summed E-state index contributed by atoms with van der Waals surface area (Å²) in [4.78, 5) is 39.9. The van der Waals surface area contributed by atoms with Crippen LogP contribution in [0.5, 0.6) is 0 Å². The van der Waals surface area contributed by atoms with E-state index in [-0.39, 0.29) is 34.0 Å². The first-order valence-corrected chi connectivity index (χ1v) is 12.7. The summed E-state index contributed by atoms with van der Waals surface area (Å²) < 4.78 is 44.0. The number of aromatic nitrogens is 1. The third kappa shape index (κ3) is 4.56. The SMILES string of the molecule is N[N+]12C=CN=CC1=C([C@H]1CC[C@@H]3CCOC(=O)N3C1)N=C2c1ccc(C(=O)Nc2cc(C(F)(F)F)ccn2)cc1. The van der Waals surface area contributed by atoms with Crippen LogP contribution in [0, 0.1) is 5.92 Å². The number of aliphatic imine (C=N–C) groups is 2. The van der Waals surface area contributed by atoms with Crippen molar-refractivity contribution in [1.82, 2.24) is 9.88 Å². The number of hydrogen-bond donors (Lipinski definition) is 2. The van der Waals surface area contributed by atoms with Gasteiger partial charge in [0, 0.05) is 36.7 Å². The molecule has 4 aliphatic rings. The number of fused-ring (bicyclic) bond motifs is 2. The van der Waals surface area contributed by atoms with Gasteiger partial charge in [-0.05, 0) is 49.2 Å². The summed E-state index contributed by atoms with van der Waals surface area (Å²) in [5.74, 6) is 6.47. The molecule has 0 saturated carbocycles. The minimum Gasteiger partial charge on any atom is -0.449 e. The maximum Gasteiger partial charge on any atom is 0.416 e. The van der Waals surface area contributed by atoms with E-state index in [1.165, 1.54) is 0 Å². The molecule has 0 spiro atoms. The van der Waals surface area contributed by atoms with Crippen LogP contribution in [-0.4, -0.2) is 57.7 Å². The van der Waals surface area contributed by atoms with E-state index in [1.807, 2.05) is 0 Å². The van der Waals surface area contributed by atoms with Crippen molar-refractivity contribution in [2.45, 2.75) is 31.5 Å². The number of nitrogens with zero attached hydrogens (tertiary/aromatic N) is 5. The number of pyridine rings is 1. The van der Waals surface area contributed by atoms with E-state index in [9.17, 15) is 22.8 Å². The maximum absolute atomic E-state index is 13.0. The Labute approximate surface area is 226 Å². The number of halogens is 3. The number of carbonyl (C=O) groups is 2. The number of rotatable bonds is 4. The van der Waals surface area contributed by atoms with Crippen molar-refractivity contribution in [3.8, 4) is 0 Å². The Morgan fingerprint density at radius 3 is 2.73 bits per heavy atom. The van der Waals surface area contributed by atoms with Gasteiger partial charge in [-0.1, -0.05) is 0 Å². The predicted octanol–water partition coefficient (Wildman–Crippen LogP) is 4.19. The standard InChI is InChI=1S/C27H24F3N7O3/c28-27(29,30)19-7-9-33-22(13-19)34-25(38)17-3-1-16(2-4-17)24-35-23(21-14-32-10-11-37(21,24)31)18-5-6-20-8-12-40-26(39)36(20)15-18/h1-4,7,9-11,13-14,18,20H,5-6,8,12,15,31H2/p+1/t18-,20+,37?/m0/s1. The normalized spacial score (nSPS) is 25.8. The fraction of sp³-hybridized carbons (Fsp3) is 0.296. The minimum absolute atomic E-state index is 0.0570. The van der Waals surface area contributed by atoms with Crippen LogP contribution in [0.25, 0.3) is 0 Å². The molecule has 2 saturated heterocycles. The van der Waals surface area contributed by atoms with Crippen molar-refractivity contribution < 1.29 is 32.1 Å². The number of allylic oxidation sites excluding steroid dienone is 1. The first kappa shape index (κ1) is 25.9. The lowest BCUT2D eigenvalue weighted by Crippen LogP contribution is -2.53. The molecule has 1 unspecified atom stereocenters. The Balaban J connectivity index is 1.24. The van der Waals surface area contributed by atoms with Crippen molar-refractivity contribution in [1.29, 1.82) is 0 Å². The van der Waals surface area contributed by atoms with E-state index in [0.29, 0.717) is 30.2 Å². The van der Waals surface area contributed by atoms with Crippen LogP contribution < -0.4 is 11.2 Å². The Morgan fingerprint density at radius 1 is 1.15 bits per heavy atom. The number of nitrogens with one attached hydrogen (secondary N) is 1. The van der Waals surface area contributed by atoms with Crippen LogP contribution in [0.4, 0.5) is 23.8 Å². The van der Waals surface area contributed by atoms with Crippen LogP contribution in [-0.2, 0) is 10.9 Å². The number of nitrogens with two attached hydrogens (primary N) is 1. The van der Waals surface area contributed by atoms with Crippen LogP contribution in [0.3, 0.4) is 0 Å². The molecule has 1 aromatic carbocycles. The van der Waals surface area contributed by atoms with Gasteiger partial charge in [0.1, 0.15) is 17.7 Å². The summed E-state index contributed by atoms with van der Waals surface area (Å²) in [6.45, 7) is 0.908. The largest absolute Gasteiger partial charge is 0.449 e. The number of benzene rings is 1.